The molecular formula is C21H25BrN2O2. The van der Waals surface area contributed by atoms with E-state index in [2.05, 4.69) is 45.3 Å². The maximum absolute atomic E-state index is 12.5. The number of halogens is 1. The molecule has 0 aromatic heterocycles. The van der Waals surface area contributed by atoms with Crippen molar-refractivity contribution in [2.24, 2.45) is 5.92 Å². The zero-order valence-electron chi connectivity index (χ0n) is 15.2. The zero-order chi connectivity index (χ0) is 18.5. The highest BCUT2D eigenvalue weighted by Gasteiger charge is 2.30. The zero-order valence-corrected chi connectivity index (χ0v) is 16.8. The van der Waals surface area contributed by atoms with Gasteiger partial charge in [-0.25, -0.2) is 0 Å². The number of rotatable bonds is 5. The summed E-state index contributed by atoms with van der Waals surface area (Å²) >= 11 is 3.45. The van der Waals surface area contributed by atoms with E-state index >= 15 is 0 Å². The molecule has 1 aliphatic rings. The molecule has 1 heterocycles. The summed E-state index contributed by atoms with van der Waals surface area (Å²) in [5.41, 5.74) is 1.95. The molecule has 2 unspecified atom stereocenters. The van der Waals surface area contributed by atoms with Crippen molar-refractivity contribution in [2.45, 2.75) is 18.9 Å². The van der Waals surface area contributed by atoms with Gasteiger partial charge in [-0.05, 0) is 78.1 Å². The van der Waals surface area contributed by atoms with Gasteiger partial charge in [0.15, 0.2) is 0 Å². The molecule has 0 bridgehead atoms. The molecule has 4 nitrogen and oxygen atoms in total. The third-order valence-corrected chi connectivity index (χ3v) is 5.80. The summed E-state index contributed by atoms with van der Waals surface area (Å²) in [6, 6.07) is 16.1. The van der Waals surface area contributed by atoms with Crippen molar-refractivity contribution in [2.75, 3.05) is 27.2 Å². The fourth-order valence-electron chi connectivity index (χ4n) is 3.77. The molecule has 1 N–H and O–H groups in total. The average molecular weight is 417 g/mol. The molecule has 2 aromatic rings. The standard InChI is InChI=1S/C21H25BrN2O2/c1-24-13-5-6-16(20(24)15-9-11-17(26-2)12-10-15)14-23-21(25)18-7-3-4-8-19(18)22/h3-4,7-12,16,20H,5-6,13-14H2,1-2H3,(H,23,25). The van der Waals surface area contributed by atoms with Gasteiger partial charge in [0, 0.05) is 17.1 Å². The van der Waals surface area contributed by atoms with Gasteiger partial charge in [0.25, 0.3) is 5.91 Å². The highest BCUT2D eigenvalue weighted by atomic mass is 79.9. The molecule has 2 aromatic carbocycles. The van der Waals surface area contributed by atoms with Crippen molar-refractivity contribution in [3.05, 3.63) is 64.1 Å². The summed E-state index contributed by atoms with van der Waals surface area (Å²) < 4.78 is 6.10. The number of nitrogens with zero attached hydrogens (tertiary/aromatic N) is 1. The van der Waals surface area contributed by atoms with E-state index in [1.165, 1.54) is 5.56 Å². The van der Waals surface area contributed by atoms with E-state index in [0.29, 0.717) is 24.1 Å². The van der Waals surface area contributed by atoms with Crippen molar-refractivity contribution in [1.29, 1.82) is 0 Å². The van der Waals surface area contributed by atoms with Crippen LogP contribution in [0.2, 0.25) is 0 Å². The highest BCUT2D eigenvalue weighted by Crippen LogP contribution is 2.35. The van der Waals surface area contributed by atoms with Crippen LogP contribution in [-0.4, -0.2) is 38.1 Å². The molecule has 1 amide bonds. The number of likely N-dealkylation sites (tertiary alicyclic amines) is 1. The Hall–Kier alpha value is -1.85. The molecular weight excluding hydrogens is 392 g/mol. The van der Waals surface area contributed by atoms with Crippen LogP contribution in [0.3, 0.4) is 0 Å². The van der Waals surface area contributed by atoms with E-state index in [4.69, 9.17) is 4.74 Å². The van der Waals surface area contributed by atoms with Gasteiger partial charge < -0.3 is 10.1 Å². The van der Waals surface area contributed by atoms with Gasteiger partial charge in [0.1, 0.15) is 5.75 Å². The quantitative estimate of drug-likeness (QED) is 0.790. The van der Waals surface area contributed by atoms with Crippen LogP contribution in [0.5, 0.6) is 5.75 Å². The summed E-state index contributed by atoms with van der Waals surface area (Å²) in [6.07, 6.45) is 2.26. The summed E-state index contributed by atoms with van der Waals surface area (Å²) in [5, 5.41) is 3.13. The summed E-state index contributed by atoms with van der Waals surface area (Å²) in [6.45, 7) is 1.74. The average Bonchev–Trinajstić information content (AvgIpc) is 2.66. The van der Waals surface area contributed by atoms with Crippen LogP contribution < -0.4 is 10.1 Å². The first kappa shape index (κ1) is 18.9. The second-order valence-electron chi connectivity index (χ2n) is 6.79. The van der Waals surface area contributed by atoms with Gasteiger partial charge in [-0.3, -0.25) is 9.69 Å². The summed E-state index contributed by atoms with van der Waals surface area (Å²) in [5.74, 6) is 1.22. The molecule has 138 valence electrons. The van der Waals surface area contributed by atoms with E-state index in [-0.39, 0.29) is 5.91 Å². The lowest BCUT2D eigenvalue weighted by molar-refractivity contribution is 0.0890. The number of benzene rings is 2. The SMILES string of the molecule is COc1ccc(C2C(CNC(=O)c3ccccc3Br)CCCN2C)cc1. The van der Waals surface area contributed by atoms with Crippen molar-refractivity contribution in [3.63, 3.8) is 0 Å². The molecule has 0 saturated carbocycles. The smallest absolute Gasteiger partial charge is 0.252 e. The largest absolute Gasteiger partial charge is 0.497 e. The maximum atomic E-state index is 12.5. The maximum Gasteiger partial charge on any atom is 0.252 e. The first-order valence-electron chi connectivity index (χ1n) is 8.97. The van der Waals surface area contributed by atoms with E-state index in [1.807, 2.05) is 36.4 Å². The number of carbonyl (C=O) groups excluding carboxylic acids is 1. The third kappa shape index (κ3) is 4.27. The molecule has 2 atom stereocenters. The number of nitrogens with one attached hydrogen (secondary N) is 1. The first-order chi connectivity index (χ1) is 12.6. The van der Waals surface area contributed by atoms with E-state index < -0.39 is 0 Å². The molecule has 3 rings (SSSR count). The second-order valence-corrected chi connectivity index (χ2v) is 7.65. The van der Waals surface area contributed by atoms with Gasteiger partial charge in [-0.15, -0.1) is 0 Å². The topological polar surface area (TPSA) is 41.6 Å². The second kappa shape index (κ2) is 8.69. The van der Waals surface area contributed by atoms with Crippen LogP contribution in [0.4, 0.5) is 0 Å². The van der Waals surface area contributed by atoms with Crippen molar-refractivity contribution >= 4 is 21.8 Å². The Morgan fingerprint density at radius 3 is 2.65 bits per heavy atom. The normalized spacial score (nSPS) is 20.6. The predicted molar refractivity (Wildman–Crippen MR) is 108 cm³/mol. The van der Waals surface area contributed by atoms with Gasteiger partial charge in [-0.1, -0.05) is 24.3 Å². The Labute approximate surface area is 163 Å². The van der Waals surface area contributed by atoms with Crippen LogP contribution in [-0.2, 0) is 0 Å². The number of methoxy groups -OCH3 is 1. The van der Waals surface area contributed by atoms with Gasteiger partial charge >= 0.3 is 0 Å². The monoisotopic (exact) mass is 416 g/mol. The summed E-state index contributed by atoms with van der Waals surface area (Å²) in [7, 11) is 3.85. The van der Waals surface area contributed by atoms with E-state index in [9.17, 15) is 4.79 Å². The summed E-state index contributed by atoms with van der Waals surface area (Å²) in [4.78, 5) is 14.9. The van der Waals surface area contributed by atoms with Crippen LogP contribution in [0.25, 0.3) is 0 Å². The minimum absolute atomic E-state index is 0.0285. The molecule has 1 saturated heterocycles. The molecule has 0 radical (unpaired) electrons. The van der Waals surface area contributed by atoms with Gasteiger partial charge in [0.2, 0.25) is 0 Å². The Balaban J connectivity index is 1.72. The first-order valence-corrected chi connectivity index (χ1v) is 9.76. The Morgan fingerprint density at radius 2 is 1.96 bits per heavy atom. The van der Waals surface area contributed by atoms with Crippen LogP contribution >= 0.6 is 15.9 Å². The number of hydrogen-bond acceptors (Lipinski definition) is 3. The van der Waals surface area contributed by atoms with Crippen molar-refractivity contribution in [1.82, 2.24) is 10.2 Å². The Bertz CT molecular complexity index is 748. The Morgan fingerprint density at radius 1 is 1.23 bits per heavy atom. The Kier molecular flexibility index (Phi) is 6.33. The highest BCUT2D eigenvalue weighted by molar-refractivity contribution is 9.10. The molecule has 26 heavy (non-hydrogen) atoms. The molecule has 0 aliphatic carbocycles. The van der Waals surface area contributed by atoms with E-state index in [0.717, 1.165) is 29.6 Å². The number of hydrogen-bond donors (Lipinski definition) is 1. The molecule has 1 fully saturated rings. The van der Waals surface area contributed by atoms with Gasteiger partial charge in [0.05, 0.1) is 12.7 Å². The van der Waals surface area contributed by atoms with Crippen molar-refractivity contribution in [3.8, 4) is 5.75 Å². The third-order valence-electron chi connectivity index (χ3n) is 5.11. The fraction of sp³-hybridized carbons (Fsp3) is 0.381. The lowest BCUT2D eigenvalue weighted by Gasteiger charge is -2.39. The number of ether oxygens (including phenoxy) is 1. The molecule has 5 heteroatoms. The van der Waals surface area contributed by atoms with Crippen LogP contribution in [0, 0.1) is 5.92 Å². The van der Waals surface area contributed by atoms with E-state index in [1.54, 1.807) is 7.11 Å². The van der Waals surface area contributed by atoms with Crippen LogP contribution in [0.1, 0.15) is 34.8 Å². The molecule has 1 aliphatic heterocycles. The lowest BCUT2D eigenvalue weighted by Crippen LogP contribution is -2.41. The molecule has 0 spiro atoms. The number of carbonyl (C=O) groups is 1. The minimum Gasteiger partial charge on any atom is -0.497 e. The van der Waals surface area contributed by atoms with Crippen LogP contribution in [0.15, 0.2) is 53.0 Å². The number of piperidine rings is 1. The van der Waals surface area contributed by atoms with Crippen molar-refractivity contribution < 1.29 is 9.53 Å². The minimum atomic E-state index is -0.0285. The van der Waals surface area contributed by atoms with Gasteiger partial charge in [-0.2, -0.15) is 0 Å². The predicted octanol–water partition coefficient (Wildman–Crippen LogP) is 4.27. The fourth-order valence-corrected chi connectivity index (χ4v) is 4.23. The lowest BCUT2D eigenvalue weighted by atomic mass is 9.85. The number of amides is 1.